The van der Waals surface area contributed by atoms with Gasteiger partial charge in [0, 0.05) is 40.6 Å². The molecule has 3 nitrogen and oxygen atoms in total. The first kappa shape index (κ1) is 14.8. The van der Waals surface area contributed by atoms with Crippen molar-refractivity contribution in [3.63, 3.8) is 0 Å². The third kappa shape index (κ3) is 3.22. The van der Waals surface area contributed by atoms with Crippen molar-refractivity contribution in [2.75, 3.05) is 24.5 Å². The SMILES string of the molecule is CCN(CC1CCCCN1)c1nccc2c(Br)cccc12. The van der Waals surface area contributed by atoms with E-state index >= 15 is 0 Å². The van der Waals surface area contributed by atoms with Gasteiger partial charge in [-0.25, -0.2) is 4.98 Å². The van der Waals surface area contributed by atoms with Crippen molar-refractivity contribution >= 4 is 32.5 Å². The highest BCUT2D eigenvalue weighted by Gasteiger charge is 2.18. The molecule has 1 aliphatic rings. The molecule has 1 fully saturated rings. The summed E-state index contributed by atoms with van der Waals surface area (Å²) in [6.07, 6.45) is 5.83. The van der Waals surface area contributed by atoms with Crippen molar-refractivity contribution in [3.8, 4) is 0 Å². The lowest BCUT2D eigenvalue weighted by Crippen LogP contribution is -2.44. The topological polar surface area (TPSA) is 28.2 Å². The van der Waals surface area contributed by atoms with E-state index in [0.29, 0.717) is 6.04 Å². The molecular weight excluding hydrogens is 326 g/mol. The largest absolute Gasteiger partial charge is 0.355 e. The molecule has 2 aromatic rings. The summed E-state index contributed by atoms with van der Waals surface area (Å²) in [7, 11) is 0. The number of aromatic nitrogens is 1. The molecule has 1 aromatic carbocycles. The number of pyridine rings is 1. The molecule has 112 valence electrons. The summed E-state index contributed by atoms with van der Waals surface area (Å²) < 4.78 is 1.13. The maximum Gasteiger partial charge on any atom is 0.136 e. The van der Waals surface area contributed by atoms with Crippen LogP contribution >= 0.6 is 15.9 Å². The number of anilines is 1. The van der Waals surface area contributed by atoms with Gasteiger partial charge >= 0.3 is 0 Å². The van der Waals surface area contributed by atoms with Crippen LogP contribution in [0, 0.1) is 0 Å². The lowest BCUT2D eigenvalue weighted by atomic mass is 10.0. The molecule has 0 amide bonds. The molecule has 2 heterocycles. The lowest BCUT2D eigenvalue weighted by molar-refractivity contribution is 0.400. The average molecular weight is 348 g/mol. The second-order valence-electron chi connectivity index (χ2n) is 5.65. The fraction of sp³-hybridized carbons (Fsp3) is 0.471. The van der Waals surface area contributed by atoms with Crippen LogP contribution in [0.3, 0.4) is 0 Å². The predicted molar refractivity (Wildman–Crippen MR) is 93.0 cm³/mol. The van der Waals surface area contributed by atoms with Crippen molar-refractivity contribution in [2.24, 2.45) is 0 Å². The molecule has 0 bridgehead atoms. The summed E-state index contributed by atoms with van der Waals surface area (Å²) in [5.74, 6) is 1.10. The first-order chi connectivity index (χ1) is 10.3. The maximum atomic E-state index is 4.66. The second-order valence-corrected chi connectivity index (χ2v) is 6.51. The van der Waals surface area contributed by atoms with Crippen LogP contribution in [-0.4, -0.2) is 30.7 Å². The Morgan fingerprint density at radius 1 is 1.29 bits per heavy atom. The number of halogens is 1. The van der Waals surface area contributed by atoms with Crippen molar-refractivity contribution < 1.29 is 0 Å². The van der Waals surface area contributed by atoms with Gasteiger partial charge in [0.05, 0.1) is 0 Å². The van der Waals surface area contributed by atoms with Crippen molar-refractivity contribution in [1.29, 1.82) is 0 Å². The smallest absolute Gasteiger partial charge is 0.136 e. The first-order valence-electron chi connectivity index (χ1n) is 7.81. The van der Waals surface area contributed by atoms with E-state index in [0.717, 1.165) is 29.9 Å². The van der Waals surface area contributed by atoms with Gasteiger partial charge < -0.3 is 10.2 Å². The van der Waals surface area contributed by atoms with E-state index < -0.39 is 0 Å². The minimum atomic E-state index is 0.586. The summed E-state index contributed by atoms with van der Waals surface area (Å²) in [6.45, 7) is 5.38. The minimum Gasteiger partial charge on any atom is -0.355 e. The fourth-order valence-electron chi connectivity index (χ4n) is 3.12. The molecule has 0 spiro atoms. The quantitative estimate of drug-likeness (QED) is 0.906. The Morgan fingerprint density at radius 2 is 2.19 bits per heavy atom. The Bertz CT molecular complexity index is 608. The van der Waals surface area contributed by atoms with Gasteiger partial charge in [-0.1, -0.05) is 34.5 Å². The first-order valence-corrected chi connectivity index (χ1v) is 8.60. The fourth-order valence-corrected chi connectivity index (χ4v) is 3.61. The Morgan fingerprint density at radius 3 is 2.95 bits per heavy atom. The molecule has 0 radical (unpaired) electrons. The predicted octanol–water partition coefficient (Wildman–Crippen LogP) is 3.97. The average Bonchev–Trinajstić information content (AvgIpc) is 2.54. The highest BCUT2D eigenvalue weighted by atomic mass is 79.9. The number of piperidine rings is 1. The van der Waals surface area contributed by atoms with Gasteiger partial charge in [-0.15, -0.1) is 0 Å². The molecule has 21 heavy (non-hydrogen) atoms. The number of fused-ring (bicyclic) bond motifs is 1. The van der Waals surface area contributed by atoms with Crippen LogP contribution in [0.1, 0.15) is 26.2 Å². The molecule has 1 atom stereocenters. The molecule has 1 N–H and O–H groups in total. The molecule has 3 rings (SSSR count). The lowest BCUT2D eigenvalue weighted by Gasteiger charge is -2.31. The van der Waals surface area contributed by atoms with Gasteiger partial charge in [0.25, 0.3) is 0 Å². The Balaban J connectivity index is 1.91. The molecule has 4 heteroatoms. The highest BCUT2D eigenvalue weighted by molar-refractivity contribution is 9.10. The number of rotatable bonds is 4. The number of hydrogen-bond donors (Lipinski definition) is 1. The van der Waals surface area contributed by atoms with E-state index in [9.17, 15) is 0 Å². The van der Waals surface area contributed by atoms with Gasteiger partial charge in [0.1, 0.15) is 5.82 Å². The zero-order valence-electron chi connectivity index (χ0n) is 12.5. The van der Waals surface area contributed by atoms with Crippen LogP contribution in [0.4, 0.5) is 5.82 Å². The van der Waals surface area contributed by atoms with Gasteiger partial charge in [0.2, 0.25) is 0 Å². The van der Waals surface area contributed by atoms with Gasteiger partial charge in [0.15, 0.2) is 0 Å². The minimum absolute atomic E-state index is 0.586. The molecule has 1 saturated heterocycles. The summed E-state index contributed by atoms with van der Waals surface area (Å²) in [4.78, 5) is 7.06. The number of likely N-dealkylation sites (N-methyl/N-ethyl adjacent to an activating group) is 1. The Kier molecular flexibility index (Phi) is 4.76. The second kappa shape index (κ2) is 6.75. The maximum absolute atomic E-state index is 4.66. The van der Waals surface area contributed by atoms with E-state index in [1.807, 2.05) is 6.20 Å². The van der Waals surface area contributed by atoms with E-state index in [2.05, 4.69) is 62.3 Å². The van der Waals surface area contributed by atoms with Crippen LogP contribution in [0.25, 0.3) is 10.8 Å². The monoisotopic (exact) mass is 347 g/mol. The number of nitrogens with one attached hydrogen (secondary N) is 1. The van der Waals surface area contributed by atoms with E-state index in [1.54, 1.807) is 0 Å². The van der Waals surface area contributed by atoms with Crippen molar-refractivity contribution in [2.45, 2.75) is 32.2 Å². The Hall–Kier alpha value is -1.13. The zero-order valence-corrected chi connectivity index (χ0v) is 14.1. The van der Waals surface area contributed by atoms with Crippen LogP contribution in [-0.2, 0) is 0 Å². The number of nitrogens with zero attached hydrogens (tertiary/aromatic N) is 2. The molecule has 1 unspecified atom stereocenters. The zero-order chi connectivity index (χ0) is 14.7. The summed E-state index contributed by atoms with van der Waals surface area (Å²) in [5.41, 5.74) is 0. The van der Waals surface area contributed by atoms with E-state index in [1.165, 1.54) is 30.0 Å². The molecular formula is C17H22BrN3. The third-order valence-corrected chi connectivity index (χ3v) is 4.96. The number of hydrogen-bond acceptors (Lipinski definition) is 3. The van der Waals surface area contributed by atoms with Crippen molar-refractivity contribution in [3.05, 3.63) is 34.9 Å². The van der Waals surface area contributed by atoms with Gasteiger partial charge in [-0.05, 0) is 38.4 Å². The standard InChI is InChI=1S/C17H22BrN3/c1-2-21(12-13-6-3-4-10-19-13)17-15-7-5-8-16(18)14(15)9-11-20-17/h5,7-9,11,13,19H,2-4,6,10,12H2,1H3. The van der Waals surface area contributed by atoms with Crippen LogP contribution < -0.4 is 10.2 Å². The summed E-state index contributed by atoms with van der Waals surface area (Å²) in [5, 5.41) is 6.09. The normalized spacial score (nSPS) is 18.9. The van der Waals surface area contributed by atoms with Gasteiger partial charge in [-0.3, -0.25) is 0 Å². The van der Waals surface area contributed by atoms with Crippen LogP contribution in [0.2, 0.25) is 0 Å². The van der Waals surface area contributed by atoms with Crippen LogP contribution in [0.15, 0.2) is 34.9 Å². The molecule has 0 aliphatic carbocycles. The molecule has 0 saturated carbocycles. The Labute approximate surface area is 134 Å². The van der Waals surface area contributed by atoms with Crippen molar-refractivity contribution in [1.82, 2.24) is 10.3 Å². The highest BCUT2D eigenvalue weighted by Crippen LogP contribution is 2.30. The summed E-state index contributed by atoms with van der Waals surface area (Å²) in [6, 6.07) is 9.01. The third-order valence-electron chi connectivity index (χ3n) is 4.27. The van der Waals surface area contributed by atoms with Gasteiger partial charge in [-0.2, -0.15) is 0 Å². The molecule has 1 aliphatic heterocycles. The molecule has 1 aromatic heterocycles. The van der Waals surface area contributed by atoms with E-state index in [-0.39, 0.29) is 0 Å². The number of benzene rings is 1. The van der Waals surface area contributed by atoms with E-state index in [4.69, 9.17) is 0 Å². The summed E-state index contributed by atoms with van der Waals surface area (Å²) >= 11 is 3.64. The van der Waals surface area contributed by atoms with Crippen LogP contribution in [0.5, 0.6) is 0 Å².